The van der Waals surface area contributed by atoms with Gasteiger partial charge in [0.25, 0.3) is 5.91 Å². The second kappa shape index (κ2) is 12.7. The summed E-state index contributed by atoms with van der Waals surface area (Å²) in [7, 11) is 0. The number of halogens is 3. The number of likely N-dealkylation sites (tertiary alicyclic amines) is 1. The number of aryl methyl sites for hydroxylation is 2. The molecule has 0 unspecified atom stereocenters. The van der Waals surface area contributed by atoms with E-state index >= 15 is 0 Å². The Bertz CT molecular complexity index is 1040. The molecule has 0 bridgehead atoms. The number of piperidine rings is 1. The minimum absolute atomic E-state index is 0. The molecule has 0 saturated carbocycles. The standard InChI is InChI=1S/C26H28FN3O.2ClH/c27-25-9-8-22(15-23(25)16-28)21-10-12-30(13-11-21)26(31)24-14-20(17-29-18-24)7-6-19-4-2-1-3-5-19;;/h1-5,8-9,14-15,17-18,21H,6-7,10-13,16,28H2;2*1H. The molecule has 1 aliphatic rings. The highest BCUT2D eigenvalue weighted by molar-refractivity contribution is 5.94. The van der Waals surface area contributed by atoms with Crippen LogP contribution in [0.25, 0.3) is 0 Å². The lowest BCUT2D eigenvalue weighted by Gasteiger charge is -2.32. The number of nitrogens with zero attached hydrogens (tertiary/aromatic N) is 2. The van der Waals surface area contributed by atoms with Crippen molar-refractivity contribution in [1.29, 1.82) is 0 Å². The van der Waals surface area contributed by atoms with Crippen molar-refractivity contribution in [3.63, 3.8) is 0 Å². The van der Waals surface area contributed by atoms with Gasteiger partial charge >= 0.3 is 0 Å². The van der Waals surface area contributed by atoms with Gasteiger partial charge < -0.3 is 10.6 Å². The van der Waals surface area contributed by atoms with Crippen molar-refractivity contribution in [1.82, 2.24) is 9.88 Å². The number of hydrogen-bond acceptors (Lipinski definition) is 3. The number of aromatic nitrogens is 1. The molecule has 2 heterocycles. The van der Waals surface area contributed by atoms with E-state index < -0.39 is 0 Å². The third kappa shape index (κ3) is 6.76. The fourth-order valence-electron chi connectivity index (χ4n) is 4.28. The minimum atomic E-state index is -0.251. The number of carbonyl (C=O) groups excluding carboxylic acids is 1. The number of hydrogen-bond donors (Lipinski definition) is 1. The zero-order valence-corrected chi connectivity index (χ0v) is 20.1. The molecule has 4 rings (SSSR count). The van der Waals surface area contributed by atoms with Crippen molar-refractivity contribution in [2.24, 2.45) is 5.73 Å². The van der Waals surface area contributed by atoms with Crippen LogP contribution in [-0.4, -0.2) is 28.9 Å². The molecule has 7 heteroatoms. The van der Waals surface area contributed by atoms with Crippen LogP contribution in [0.4, 0.5) is 4.39 Å². The maximum Gasteiger partial charge on any atom is 0.255 e. The van der Waals surface area contributed by atoms with Gasteiger partial charge in [0.2, 0.25) is 0 Å². The van der Waals surface area contributed by atoms with E-state index in [-0.39, 0.29) is 43.1 Å². The van der Waals surface area contributed by atoms with Crippen LogP contribution >= 0.6 is 24.8 Å². The van der Waals surface area contributed by atoms with Gasteiger partial charge in [-0.1, -0.05) is 42.5 Å². The van der Waals surface area contributed by atoms with Gasteiger partial charge in [-0.15, -0.1) is 24.8 Å². The zero-order chi connectivity index (χ0) is 21.6. The van der Waals surface area contributed by atoms with Gasteiger partial charge in [-0.25, -0.2) is 4.39 Å². The second-order valence-corrected chi connectivity index (χ2v) is 8.19. The van der Waals surface area contributed by atoms with Gasteiger partial charge in [0.05, 0.1) is 5.56 Å². The van der Waals surface area contributed by atoms with Gasteiger partial charge in [-0.3, -0.25) is 9.78 Å². The molecule has 2 aromatic carbocycles. The molecule has 3 aromatic rings. The summed E-state index contributed by atoms with van der Waals surface area (Å²) in [5.74, 6) is 0.109. The van der Waals surface area contributed by atoms with Crippen molar-refractivity contribution in [2.75, 3.05) is 13.1 Å². The summed E-state index contributed by atoms with van der Waals surface area (Å²) in [5.41, 5.74) is 10.3. The molecule has 0 radical (unpaired) electrons. The van der Waals surface area contributed by atoms with E-state index in [1.165, 1.54) is 11.6 Å². The van der Waals surface area contributed by atoms with E-state index in [0.717, 1.165) is 36.8 Å². The van der Waals surface area contributed by atoms with Crippen LogP contribution in [0.3, 0.4) is 0 Å². The van der Waals surface area contributed by atoms with E-state index in [2.05, 4.69) is 17.1 Å². The molecular weight excluding hydrogens is 460 g/mol. The number of carbonyl (C=O) groups is 1. The molecule has 1 aromatic heterocycles. The Morgan fingerprint density at radius 1 is 0.970 bits per heavy atom. The fraction of sp³-hybridized carbons (Fsp3) is 0.308. The average Bonchev–Trinajstić information content (AvgIpc) is 2.83. The first-order valence-corrected chi connectivity index (χ1v) is 10.9. The summed E-state index contributed by atoms with van der Waals surface area (Å²) in [4.78, 5) is 19.2. The summed E-state index contributed by atoms with van der Waals surface area (Å²) < 4.78 is 13.7. The van der Waals surface area contributed by atoms with Crippen molar-refractivity contribution < 1.29 is 9.18 Å². The molecule has 4 nitrogen and oxygen atoms in total. The molecule has 2 N–H and O–H groups in total. The molecule has 0 atom stereocenters. The van der Waals surface area contributed by atoms with Gasteiger partial charge in [0.15, 0.2) is 0 Å². The Morgan fingerprint density at radius 2 is 1.67 bits per heavy atom. The predicted molar refractivity (Wildman–Crippen MR) is 135 cm³/mol. The van der Waals surface area contributed by atoms with E-state index in [1.54, 1.807) is 6.20 Å². The van der Waals surface area contributed by atoms with E-state index in [9.17, 15) is 9.18 Å². The Labute approximate surface area is 207 Å². The normalized spacial score (nSPS) is 13.7. The highest BCUT2D eigenvalue weighted by Crippen LogP contribution is 2.30. The van der Waals surface area contributed by atoms with Crippen LogP contribution < -0.4 is 5.73 Å². The smallest absolute Gasteiger partial charge is 0.255 e. The topological polar surface area (TPSA) is 59.2 Å². The average molecular weight is 490 g/mol. The van der Waals surface area contributed by atoms with Gasteiger partial charge in [-0.2, -0.15) is 0 Å². The molecule has 1 saturated heterocycles. The largest absolute Gasteiger partial charge is 0.339 e. The number of benzene rings is 2. The lowest BCUT2D eigenvalue weighted by molar-refractivity contribution is 0.0712. The lowest BCUT2D eigenvalue weighted by Crippen LogP contribution is -2.38. The third-order valence-corrected chi connectivity index (χ3v) is 6.13. The third-order valence-electron chi connectivity index (χ3n) is 6.13. The molecule has 176 valence electrons. The Kier molecular flexibility index (Phi) is 10.3. The summed E-state index contributed by atoms with van der Waals surface area (Å²) in [6.45, 7) is 1.57. The van der Waals surface area contributed by atoms with E-state index in [1.807, 2.05) is 47.5 Å². The number of amides is 1. The Balaban J connectivity index is 0.00000193. The first-order valence-electron chi connectivity index (χ1n) is 10.9. The molecular formula is C26H30Cl2FN3O. The Morgan fingerprint density at radius 3 is 2.36 bits per heavy atom. The van der Waals surface area contributed by atoms with Crippen LogP contribution in [0.1, 0.15) is 51.4 Å². The van der Waals surface area contributed by atoms with Crippen molar-refractivity contribution in [2.45, 2.75) is 38.1 Å². The molecule has 1 amide bonds. The van der Waals surface area contributed by atoms with Gasteiger partial charge in [0, 0.05) is 37.6 Å². The van der Waals surface area contributed by atoms with Crippen LogP contribution in [0, 0.1) is 5.82 Å². The highest BCUT2D eigenvalue weighted by atomic mass is 35.5. The molecule has 1 fully saturated rings. The fourth-order valence-corrected chi connectivity index (χ4v) is 4.28. The van der Waals surface area contributed by atoms with E-state index in [4.69, 9.17) is 5.73 Å². The van der Waals surface area contributed by atoms with Gasteiger partial charge in [-0.05, 0) is 60.4 Å². The molecule has 33 heavy (non-hydrogen) atoms. The van der Waals surface area contributed by atoms with Crippen LogP contribution in [0.2, 0.25) is 0 Å². The summed E-state index contributed by atoms with van der Waals surface area (Å²) >= 11 is 0. The van der Waals surface area contributed by atoms with Crippen LogP contribution in [0.5, 0.6) is 0 Å². The van der Waals surface area contributed by atoms with Crippen LogP contribution in [-0.2, 0) is 19.4 Å². The highest BCUT2D eigenvalue weighted by Gasteiger charge is 2.25. The van der Waals surface area contributed by atoms with Crippen molar-refractivity contribution >= 4 is 30.7 Å². The molecule has 0 aliphatic carbocycles. The predicted octanol–water partition coefficient (Wildman–Crippen LogP) is 5.33. The summed E-state index contributed by atoms with van der Waals surface area (Å²) in [6, 6.07) is 17.5. The number of pyridine rings is 1. The summed E-state index contributed by atoms with van der Waals surface area (Å²) in [6.07, 6.45) is 7.01. The van der Waals surface area contributed by atoms with Gasteiger partial charge in [0.1, 0.15) is 5.82 Å². The first kappa shape index (κ1) is 26.8. The minimum Gasteiger partial charge on any atom is -0.339 e. The maximum atomic E-state index is 13.7. The lowest BCUT2D eigenvalue weighted by atomic mass is 9.88. The molecule has 1 aliphatic heterocycles. The Hall–Kier alpha value is -2.47. The monoisotopic (exact) mass is 489 g/mol. The van der Waals surface area contributed by atoms with Crippen LogP contribution in [0.15, 0.2) is 67.0 Å². The van der Waals surface area contributed by atoms with Crippen molar-refractivity contribution in [3.05, 3.63) is 101 Å². The number of rotatable bonds is 6. The quantitative estimate of drug-likeness (QED) is 0.508. The second-order valence-electron chi connectivity index (χ2n) is 8.19. The van der Waals surface area contributed by atoms with Crippen molar-refractivity contribution in [3.8, 4) is 0 Å². The zero-order valence-electron chi connectivity index (χ0n) is 18.5. The first-order chi connectivity index (χ1) is 15.1. The molecule has 0 spiro atoms. The SMILES string of the molecule is Cl.Cl.NCc1cc(C2CCN(C(=O)c3cncc(CCc4ccccc4)c3)CC2)ccc1F. The van der Waals surface area contributed by atoms with E-state index in [0.29, 0.717) is 30.1 Å². The number of nitrogens with two attached hydrogens (primary N) is 1. The summed E-state index contributed by atoms with van der Waals surface area (Å²) in [5, 5.41) is 0. The maximum absolute atomic E-state index is 13.7.